The van der Waals surface area contributed by atoms with Crippen molar-refractivity contribution in [3.8, 4) is 0 Å². The van der Waals surface area contributed by atoms with Gasteiger partial charge in [-0.3, -0.25) is 24.2 Å². The van der Waals surface area contributed by atoms with E-state index in [1.165, 1.54) is 43.4 Å². The predicted molar refractivity (Wildman–Crippen MR) is 137 cm³/mol. The Morgan fingerprint density at radius 3 is 2.55 bits per heavy atom. The Balaban J connectivity index is 1.63. The maximum absolute atomic E-state index is 14.8. The molecule has 3 amide bonds. The molecule has 0 bridgehead atoms. The van der Waals surface area contributed by atoms with E-state index in [1.54, 1.807) is 36.9 Å². The summed E-state index contributed by atoms with van der Waals surface area (Å²) in [5.41, 5.74) is 6.56. The Kier molecular flexibility index (Phi) is 7.56. The van der Waals surface area contributed by atoms with Crippen LogP contribution >= 0.6 is 0 Å². The molecule has 4 rings (SSSR count). The van der Waals surface area contributed by atoms with Crippen molar-refractivity contribution >= 4 is 29.5 Å². The second-order valence-electron chi connectivity index (χ2n) is 9.57. The van der Waals surface area contributed by atoms with E-state index in [2.05, 4.69) is 9.97 Å². The molecule has 0 unspecified atom stereocenters. The highest BCUT2D eigenvalue weighted by Gasteiger charge is 2.55. The number of carbonyl (C=O) groups is 3. The summed E-state index contributed by atoms with van der Waals surface area (Å²) in [7, 11) is 3.26. The van der Waals surface area contributed by atoms with E-state index in [-0.39, 0.29) is 29.8 Å². The Morgan fingerprint density at radius 1 is 1.18 bits per heavy atom. The molecular weight excluding hydrogens is 494 g/mol. The highest BCUT2D eigenvalue weighted by atomic mass is 19.1. The fraction of sp³-hybridized carbons (Fsp3) is 0.370. The molecular formula is C27H30F2N6O3. The van der Waals surface area contributed by atoms with Crippen molar-refractivity contribution in [3.63, 3.8) is 0 Å². The molecule has 2 N–H and O–H groups in total. The fourth-order valence-corrected chi connectivity index (χ4v) is 4.94. The molecule has 0 radical (unpaired) electrons. The van der Waals surface area contributed by atoms with Crippen molar-refractivity contribution < 1.29 is 23.2 Å². The third-order valence-corrected chi connectivity index (χ3v) is 7.17. The number of likely N-dealkylation sites (N-methyl/N-ethyl adjacent to an activating group) is 1. The number of hydrogen-bond acceptors (Lipinski definition) is 6. The quantitative estimate of drug-likeness (QED) is 0.453. The number of rotatable bonds is 8. The lowest BCUT2D eigenvalue weighted by molar-refractivity contribution is -0.170. The maximum atomic E-state index is 14.8. The third-order valence-electron chi connectivity index (χ3n) is 7.17. The van der Waals surface area contributed by atoms with Gasteiger partial charge in [-0.15, -0.1) is 0 Å². The Bertz CT molecular complexity index is 1390. The number of hydrogen-bond donors (Lipinski definition) is 1. The van der Waals surface area contributed by atoms with Crippen LogP contribution in [0.4, 0.5) is 20.5 Å². The molecule has 0 aliphatic carbocycles. The Morgan fingerprint density at radius 2 is 1.92 bits per heavy atom. The summed E-state index contributed by atoms with van der Waals surface area (Å²) in [5.74, 6) is -3.74. The van der Waals surface area contributed by atoms with E-state index < -0.39 is 47.2 Å². The van der Waals surface area contributed by atoms with Crippen LogP contribution in [0, 0.1) is 24.5 Å². The number of nitrogens with zero attached hydrogens (tertiary/aromatic N) is 5. The van der Waals surface area contributed by atoms with E-state index >= 15 is 0 Å². The summed E-state index contributed by atoms with van der Waals surface area (Å²) in [6.07, 6.45) is 5.07. The topological polar surface area (TPSA) is 114 Å². The molecule has 1 saturated heterocycles. The minimum Gasteiger partial charge on any atom is -0.384 e. The first-order valence-corrected chi connectivity index (χ1v) is 12.3. The molecule has 0 saturated carbocycles. The minimum atomic E-state index is -1.08. The number of halogens is 2. The van der Waals surface area contributed by atoms with Gasteiger partial charge in [0, 0.05) is 44.7 Å². The van der Waals surface area contributed by atoms with Crippen molar-refractivity contribution in [2.75, 3.05) is 17.7 Å². The number of amides is 3. The van der Waals surface area contributed by atoms with Gasteiger partial charge in [-0.1, -0.05) is 13.0 Å². The van der Waals surface area contributed by atoms with Gasteiger partial charge in [-0.05, 0) is 55.0 Å². The second-order valence-corrected chi connectivity index (χ2v) is 9.57. The number of imidazole rings is 1. The molecule has 1 aromatic carbocycles. The smallest absolute Gasteiger partial charge is 0.253 e. The number of β-lactam (4-membered cyclic amide) rings is 1. The molecule has 9 nitrogen and oxygen atoms in total. The van der Waals surface area contributed by atoms with Crippen LogP contribution in [-0.4, -0.2) is 50.2 Å². The normalized spacial score (nSPS) is 17.7. The largest absolute Gasteiger partial charge is 0.384 e. The Hall–Kier alpha value is -4.15. The molecule has 1 aliphatic rings. The number of nitrogen functional groups attached to an aromatic ring is 1. The number of carbonyl (C=O) groups excluding carboxylic acids is 3. The van der Waals surface area contributed by atoms with Crippen molar-refractivity contribution in [1.29, 1.82) is 0 Å². The zero-order chi connectivity index (χ0) is 27.7. The Labute approximate surface area is 219 Å². The maximum Gasteiger partial charge on any atom is 0.253 e. The van der Waals surface area contributed by atoms with Crippen molar-refractivity contribution in [2.45, 2.75) is 45.1 Å². The number of aryl methyl sites for hydroxylation is 1. The highest BCUT2D eigenvalue weighted by Crippen LogP contribution is 2.36. The standard InChI is InChI=1S/C27H30F2N6O3/c1-5-17(18-6-7-20(28)15(2)23(18)29)14-22(36)35-24(26(38)34(4)27-32-10-11-33(27)3)19(25(35)37)12-16-8-9-31-21(30)13-16/h6-11,13,17,19,24H,5,12,14H2,1-4H3,(H2,30,31)/t17-,19+,24-/m0/s1. The SMILES string of the molecule is CC[C@@H](CC(=O)N1C(=O)[C@H](Cc2ccnc(N)c2)[C@H]1C(=O)N(C)c1nccn1C)c1ccc(F)c(C)c1F. The van der Waals surface area contributed by atoms with E-state index in [0.717, 1.165) is 4.90 Å². The molecule has 1 fully saturated rings. The van der Waals surface area contributed by atoms with Gasteiger partial charge in [0.2, 0.25) is 17.8 Å². The second kappa shape index (κ2) is 10.7. The molecule has 200 valence electrons. The first-order valence-electron chi connectivity index (χ1n) is 12.3. The number of anilines is 2. The number of pyridine rings is 1. The van der Waals surface area contributed by atoms with Crippen LogP contribution in [0.5, 0.6) is 0 Å². The molecule has 1 aliphatic heterocycles. The number of imide groups is 1. The lowest BCUT2D eigenvalue weighted by Gasteiger charge is -2.46. The average Bonchev–Trinajstić information content (AvgIpc) is 3.32. The number of nitrogens with two attached hydrogens (primary N) is 1. The van der Waals surface area contributed by atoms with Gasteiger partial charge in [0.25, 0.3) is 5.91 Å². The first kappa shape index (κ1) is 26.9. The van der Waals surface area contributed by atoms with Crippen LogP contribution in [0.1, 0.15) is 42.4 Å². The first-order chi connectivity index (χ1) is 18.0. The predicted octanol–water partition coefficient (Wildman–Crippen LogP) is 3.13. The van der Waals surface area contributed by atoms with Crippen LogP contribution in [0.2, 0.25) is 0 Å². The lowest BCUT2D eigenvalue weighted by atomic mass is 9.80. The summed E-state index contributed by atoms with van der Waals surface area (Å²) < 4.78 is 30.3. The van der Waals surface area contributed by atoms with Gasteiger partial charge in [0.05, 0.1) is 5.92 Å². The van der Waals surface area contributed by atoms with Gasteiger partial charge in [-0.2, -0.15) is 0 Å². The summed E-state index contributed by atoms with van der Waals surface area (Å²) in [5, 5.41) is 0. The van der Waals surface area contributed by atoms with Crippen LogP contribution in [0.25, 0.3) is 0 Å². The lowest BCUT2D eigenvalue weighted by Crippen LogP contribution is -2.69. The molecule has 3 atom stereocenters. The number of benzene rings is 1. The molecule has 2 aromatic heterocycles. The van der Waals surface area contributed by atoms with E-state index in [9.17, 15) is 23.2 Å². The van der Waals surface area contributed by atoms with Gasteiger partial charge in [0.15, 0.2) is 0 Å². The highest BCUT2D eigenvalue weighted by molar-refractivity contribution is 6.12. The molecule has 11 heteroatoms. The summed E-state index contributed by atoms with van der Waals surface area (Å²) >= 11 is 0. The van der Waals surface area contributed by atoms with Gasteiger partial charge < -0.3 is 10.3 Å². The average molecular weight is 525 g/mol. The van der Waals surface area contributed by atoms with Crippen LogP contribution in [0.15, 0.2) is 42.9 Å². The zero-order valence-electron chi connectivity index (χ0n) is 21.7. The number of aromatic nitrogens is 3. The summed E-state index contributed by atoms with van der Waals surface area (Å²) in [6, 6.07) is 4.73. The summed E-state index contributed by atoms with van der Waals surface area (Å²) in [4.78, 5) is 50.9. The van der Waals surface area contributed by atoms with Gasteiger partial charge in [-0.25, -0.2) is 18.7 Å². The van der Waals surface area contributed by atoms with Gasteiger partial charge >= 0.3 is 0 Å². The monoisotopic (exact) mass is 524 g/mol. The molecule has 3 aromatic rings. The third kappa shape index (κ3) is 4.88. The number of likely N-dealkylation sites (tertiary alicyclic amines) is 1. The van der Waals surface area contributed by atoms with Crippen molar-refractivity contribution in [3.05, 3.63) is 71.2 Å². The zero-order valence-corrected chi connectivity index (χ0v) is 21.7. The minimum absolute atomic E-state index is 0.130. The van der Waals surface area contributed by atoms with Crippen LogP contribution < -0.4 is 10.6 Å². The summed E-state index contributed by atoms with van der Waals surface area (Å²) in [6.45, 7) is 3.11. The molecule has 0 spiro atoms. The van der Waals surface area contributed by atoms with Gasteiger partial charge in [0.1, 0.15) is 23.5 Å². The van der Waals surface area contributed by atoms with E-state index in [1.807, 2.05) is 0 Å². The van der Waals surface area contributed by atoms with Crippen LogP contribution in [0.3, 0.4) is 0 Å². The fourth-order valence-electron chi connectivity index (χ4n) is 4.94. The van der Waals surface area contributed by atoms with Crippen LogP contribution in [-0.2, 0) is 27.9 Å². The molecule has 3 heterocycles. The van der Waals surface area contributed by atoms with Crippen molar-refractivity contribution in [2.24, 2.45) is 13.0 Å². The van der Waals surface area contributed by atoms with E-state index in [0.29, 0.717) is 17.9 Å². The molecule has 38 heavy (non-hydrogen) atoms. The van der Waals surface area contributed by atoms with E-state index in [4.69, 9.17) is 5.73 Å². The van der Waals surface area contributed by atoms with Crippen molar-refractivity contribution in [1.82, 2.24) is 19.4 Å².